The lowest BCUT2D eigenvalue weighted by molar-refractivity contribution is -0.119. The summed E-state index contributed by atoms with van der Waals surface area (Å²) >= 11 is 0. The van der Waals surface area contributed by atoms with Gasteiger partial charge in [-0.3, -0.25) is 14.1 Å². The second-order valence-electron chi connectivity index (χ2n) is 7.14. The van der Waals surface area contributed by atoms with Crippen molar-refractivity contribution in [2.24, 2.45) is 0 Å². The van der Waals surface area contributed by atoms with Crippen LogP contribution in [0.3, 0.4) is 0 Å². The minimum atomic E-state index is -3.93. The number of carbonyl (C=O) groups excluding carboxylic acids is 1. The third-order valence-corrected chi connectivity index (χ3v) is 6.71. The number of aryl methyl sites for hydroxylation is 2. The highest BCUT2D eigenvalue weighted by atomic mass is 32.2. The van der Waals surface area contributed by atoms with Crippen LogP contribution in [0.4, 0.5) is 5.69 Å². The Kier molecular flexibility index (Phi) is 6.52. The molecule has 1 heterocycles. The molecule has 0 atom stereocenters. The topological polar surface area (TPSA) is 79.4 Å². The Morgan fingerprint density at radius 1 is 0.967 bits per heavy atom. The Balaban J connectivity index is 1.92. The molecule has 0 aliphatic rings. The van der Waals surface area contributed by atoms with E-state index in [0.717, 1.165) is 16.7 Å². The lowest BCUT2D eigenvalue weighted by Crippen LogP contribution is -2.41. The molecule has 0 spiro atoms. The molecule has 6 nitrogen and oxygen atoms in total. The highest BCUT2D eigenvalue weighted by molar-refractivity contribution is 7.92. The number of rotatable bonds is 7. The quantitative estimate of drug-likeness (QED) is 0.631. The largest absolute Gasteiger partial charge is 0.349 e. The van der Waals surface area contributed by atoms with E-state index in [1.807, 2.05) is 32.9 Å². The summed E-state index contributed by atoms with van der Waals surface area (Å²) in [5.74, 6) is -0.405. The van der Waals surface area contributed by atoms with Gasteiger partial charge in [0, 0.05) is 6.20 Å². The van der Waals surface area contributed by atoms with Crippen LogP contribution in [0.5, 0.6) is 0 Å². The van der Waals surface area contributed by atoms with Crippen molar-refractivity contribution in [3.63, 3.8) is 0 Å². The van der Waals surface area contributed by atoms with Crippen LogP contribution in [0.25, 0.3) is 0 Å². The second kappa shape index (κ2) is 9.09. The summed E-state index contributed by atoms with van der Waals surface area (Å²) in [7, 11) is -3.93. The minimum absolute atomic E-state index is 0.145. The van der Waals surface area contributed by atoms with E-state index in [9.17, 15) is 13.2 Å². The number of hydrogen-bond donors (Lipinski definition) is 1. The Morgan fingerprint density at radius 3 is 2.37 bits per heavy atom. The summed E-state index contributed by atoms with van der Waals surface area (Å²) in [6.45, 7) is 5.56. The van der Waals surface area contributed by atoms with Crippen LogP contribution < -0.4 is 9.62 Å². The molecule has 0 saturated carbocycles. The molecule has 0 saturated heterocycles. The van der Waals surface area contributed by atoms with E-state index in [1.165, 1.54) is 4.31 Å². The fourth-order valence-electron chi connectivity index (χ4n) is 3.02. The van der Waals surface area contributed by atoms with Crippen molar-refractivity contribution >= 4 is 21.6 Å². The number of hydrogen-bond acceptors (Lipinski definition) is 4. The molecule has 2 aromatic carbocycles. The highest BCUT2D eigenvalue weighted by Crippen LogP contribution is 2.28. The molecule has 7 heteroatoms. The van der Waals surface area contributed by atoms with Crippen molar-refractivity contribution in [2.45, 2.75) is 32.2 Å². The van der Waals surface area contributed by atoms with Gasteiger partial charge in [0.2, 0.25) is 5.91 Å². The Morgan fingerprint density at radius 2 is 1.70 bits per heavy atom. The Hall–Kier alpha value is -3.19. The third kappa shape index (κ3) is 4.86. The highest BCUT2D eigenvalue weighted by Gasteiger charge is 2.28. The van der Waals surface area contributed by atoms with Crippen molar-refractivity contribution < 1.29 is 13.2 Å². The van der Waals surface area contributed by atoms with Crippen LogP contribution in [0.2, 0.25) is 0 Å². The van der Waals surface area contributed by atoms with Gasteiger partial charge in [0.25, 0.3) is 10.0 Å². The number of benzene rings is 2. The summed E-state index contributed by atoms with van der Waals surface area (Å²) < 4.78 is 28.1. The monoisotopic (exact) mass is 423 g/mol. The molecule has 0 bridgehead atoms. The van der Waals surface area contributed by atoms with Crippen LogP contribution in [0.1, 0.15) is 22.4 Å². The number of sulfonamides is 1. The normalized spacial score (nSPS) is 11.2. The zero-order valence-corrected chi connectivity index (χ0v) is 18.1. The lowest BCUT2D eigenvalue weighted by atomic mass is 10.1. The third-order valence-electron chi connectivity index (χ3n) is 4.93. The van der Waals surface area contributed by atoms with Gasteiger partial charge in [-0.1, -0.05) is 35.9 Å². The van der Waals surface area contributed by atoms with E-state index in [1.54, 1.807) is 54.7 Å². The van der Waals surface area contributed by atoms with Crippen LogP contribution in [0, 0.1) is 20.8 Å². The minimum Gasteiger partial charge on any atom is -0.349 e. The average molecular weight is 424 g/mol. The van der Waals surface area contributed by atoms with Crippen molar-refractivity contribution in [1.82, 2.24) is 10.3 Å². The average Bonchev–Trinajstić information content (AvgIpc) is 2.74. The summed E-state index contributed by atoms with van der Waals surface area (Å²) in [6.07, 6.45) is 1.64. The second-order valence-corrected chi connectivity index (χ2v) is 9.00. The van der Waals surface area contributed by atoms with Crippen LogP contribution in [-0.4, -0.2) is 25.9 Å². The molecule has 156 valence electrons. The van der Waals surface area contributed by atoms with Gasteiger partial charge in [-0.2, -0.15) is 0 Å². The summed E-state index contributed by atoms with van der Waals surface area (Å²) in [4.78, 5) is 17.0. The molecule has 1 amide bonds. The number of carbonyl (C=O) groups is 1. The van der Waals surface area contributed by atoms with Crippen molar-refractivity contribution in [2.75, 3.05) is 10.8 Å². The van der Waals surface area contributed by atoms with Gasteiger partial charge in [-0.05, 0) is 62.2 Å². The van der Waals surface area contributed by atoms with Crippen LogP contribution in [-0.2, 0) is 21.4 Å². The van der Waals surface area contributed by atoms with Crippen LogP contribution >= 0.6 is 0 Å². The molecule has 0 aliphatic heterocycles. The van der Waals surface area contributed by atoms with Gasteiger partial charge in [-0.25, -0.2) is 8.42 Å². The molecule has 3 aromatic rings. The first-order chi connectivity index (χ1) is 14.3. The zero-order valence-electron chi connectivity index (χ0n) is 17.3. The maximum absolute atomic E-state index is 13.5. The molecule has 3 rings (SSSR count). The lowest BCUT2D eigenvalue weighted by Gasteiger charge is -2.26. The van der Waals surface area contributed by atoms with E-state index < -0.39 is 15.9 Å². The first-order valence-electron chi connectivity index (χ1n) is 9.61. The van der Waals surface area contributed by atoms with E-state index in [-0.39, 0.29) is 18.0 Å². The Bertz CT molecular complexity index is 1130. The van der Waals surface area contributed by atoms with E-state index in [2.05, 4.69) is 10.3 Å². The molecule has 1 aromatic heterocycles. The Labute approximate surface area is 177 Å². The van der Waals surface area contributed by atoms with Gasteiger partial charge in [0.15, 0.2) is 0 Å². The fraction of sp³-hybridized carbons (Fsp3) is 0.217. The van der Waals surface area contributed by atoms with Gasteiger partial charge in [0.1, 0.15) is 6.54 Å². The fourth-order valence-corrected chi connectivity index (χ4v) is 4.50. The van der Waals surface area contributed by atoms with E-state index in [4.69, 9.17) is 0 Å². The first-order valence-corrected chi connectivity index (χ1v) is 11.1. The van der Waals surface area contributed by atoms with E-state index >= 15 is 0 Å². The maximum Gasteiger partial charge on any atom is 0.264 e. The van der Waals surface area contributed by atoms with Crippen molar-refractivity contribution in [3.8, 4) is 0 Å². The summed E-state index contributed by atoms with van der Waals surface area (Å²) in [6, 6.07) is 17.5. The molecule has 30 heavy (non-hydrogen) atoms. The summed E-state index contributed by atoms with van der Waals surface area (Å²) in [5.41, 5.74) is 3.91. The zero-order chi connectivity index (χ0) is 21.7. The molecular weight excluding hydrogens is 398 g/mol. The molecule has 0 radical (unpaired) electrons. The standard InChI is InChI=1S/C23H25N3O3S/c1-17-10-12-21(13-11-17)30(28,29)26(22-9-6-7-18(2)19(22)3)16-23(27)25-15-20-8-4-5-14-24-20/h4-14H,15-16H2,1-3H3,(H,25,27). The van der Waals surface area contributed by atoms with Gasteiger partial charge in [-0.15, -0.1) is 0 Å². The van der Waals surface area contributed by atoms with Gasteiger partial charge in [0.05, 0.1) is 22.8 Å². The molecule has 1 N–H and O–H groups in total. The predicted molar refractivity (Wildman–Crippen MR) is 118 cm³/mol. The summed E-state index contributed by atoms with van der Waals surface area (Å²) in [5, 5.41) is 2.76. The van der Waals surface area contributed by atoms with Crippen LogP contribution in [0.15, 0.2) is 71.8 Å². The maximum atomic E-state index is 13.5. The molecular formula is C23H25N3O3S. The number of amides is 1. The SMILES string of the molecule is Cc1ccc(S(=O)(=O)N(CC(=O)NCc2ccccn2)c2cccc(C)c2C)cc1. The van der Waals surface area contributed by atoms with Gasteiger partial charge < -0.3 is 5.32 Å². The first kappa shape index (κ1) is 21.5. The number of nitrogens with one attached hydrogen (secondary N) is 1. The predicted octanol–water partition coefficient (Wildman–Crippen LogP) is 3.52. The smallest absolute Gasteiger partial charge is 0.264 e. The van der Waals surface area contributed by atoms with Gasteiger partial charge >= 0.3 is 0 Å². The van der Waals surface area contributed by atoms with E-state index in [0.29, 0.717) is 11.4 Å². The number of anilines is 1. The number of aromatic nitrogens is 1. The molecule has 0 unspecified atom stereocenters. The molecule has 0 aliphatic carbocycles. The van der Waals surface area contributed by atoms with Crippen molar-refractivity contribution in [1.29, 1.82) is 0 Å². The number of pyridine rings is 1. The van der Waals surface area contributed by atoms with Crippen molar-refractivity contribution in [3.05, 3.63) is 89.2 Å². The molecule has 0 fully saturated rings. The number of nitrogens with zero attached hydrogens (tertiary/aromatic N) is 2.